The number of hydrogen-bond donors (Lipinski definition) is 1. The molecule has 1 amide bonds. The molecular weight excluding hydrogens is 587 g/mol. The number of Topliss-reactive ketones (excluding diaryl/α,β-unsaturated/α-hetero) is 1. The predicted molar refractivity (Wildman–Crippen MR) is 179 cm³/mol. The van der Waals surface area contributed by atoms with E-state index in [1.165, 1.54) is 14.7 Å². The standard InChI is InChI=1S/C37H41NO2S3/c1-35-23-21-33(40)38-31(35)19-18-28-29(35)20-22-36(2)32(39)24-30(34(28)36)37(41-25-12-6-3-7-13-25,42-26-14-8-4-9-15-26)43-27-16-10-5-11-17-27/h3-17,28-31,34H,18-24H2,1-2H3,(H,38,40)/t28-,29-,30?,31?,34-,35-,36-/m1/s1. The largest absolute Gasteiger partial charge is 0.353 e. The first kappa shape index (κ1) is 29.6. The van der Waals surface area contributed by atoms with E-state index in [1.54, 1.807) is 0 Å². The molecule has 6 heteroatoms. The molecule has 43 heavy (non-hydrogen) atoms. The van der Waals surface area contributed by atoms with E-state index in [4.69, 9.17) is 0 Å². The molecule has 1 N–H and O–H groups in total. The van der Waals surface area contributed by atoms with Crippen molar-refractivity contribution in [3.05, 3.63) is 91.0 Å². The Kier molecular flexibility index (Phi) is 8.01. The van der Waals surface area contributed by atoms with Gasteiger partial charge in [0, 0.05) is 44.9 Å². The van der Waals surface area contributed by atoms with Crippen molar-refractivity contribution in [3.8, 4) is 0 Å². The fourth-order valence-corrected chi connectivity index (χ4v) is 14.4. The minimum absolute atomic E-state index is 0.0999. The highest BCUT2D eigenvalue weighted by Gasteiger charge is 2.66. The number of ketones is 1. The number of fused-ring (bicyclic) bond motifs is 5. The van der Waals surface area contributed by atoms with Crippen LogP contribution < -0.4 is 5.32 Å². The second-order valence-electron chi connectivity index (χ2n) is 13.5. The van der Waals surface area contributed by atoms with Crippen LogP contribution in [0, 0.1) is 34.5 Å². The molecule has 1 heterocycles. The molecule has 2 unspecified atom stereocenters. The van der Waals surface area contributed by atoms with Crippen molar-refractivity contribution in [2.75, 3.05) is 0 Å². The van der Waals surface area contributed by atoms with Gasteiger partial charge in [0.2, 0.25) is 5.91 Å². The Bertz CT molecular complexity index is 1370. The molecule has 3 aliphatic carbocycles. The topological polar surface area (TPSA) is 46.2 Å². The lowest BCUT2D eigenvalue weighted by atomic mass is 9.47. The van der Waals surface area contributed by atoms with Gasteiger partial charge in [0.05, 0.1) is 0 Å². The minimum Gasteiger partial charge on any atom is -0.353 e. The fraction of sp³-hybridized carbons (Fsp3) is 0.459. The summed E-state index contributed by atoms with van der Waals surface area (Å²) in [7, 11) is 0. The molecule has 4 aliphatic rings. The highest BCUT2D eigenvalue weighted by molar-refractivity contribution is 8.33. The molecule has 0 radical (unpaired) electrons. The van der Waals surface area contributed by atoms with Gasteiger partial charge in [-0.2, -0.15) is 0 Å². The smallest absolute Gasteiger partial charge is 0.220 e. The van der Waals surface area contributed by atoms with Crippen LogP contribution in [-0.2, 0) is 9.59 Å². The molecule has 1 saturated heterocycles. The molecule has 4 fully saturated rings. The second-order valence-corrected chi connectivity index (χ2v) is 18.3. The molecule has 3 aromatic carbocycles. The molecule has 3 saturated carbocycles. The maximum absolute atomic E-state index is 14.3. The zero-order chi connectivity index (χ0) is 29.7. The Morgan fingerprint density at radius 3 is 1.79 bits per heavy atom. The summed E-state index contributed by atoms with van der Waals surface area (Å²) in [6.45, 7) is 4.76. The first-order valence-electron chi connectivity index (χ1n) is 15.9. The third-order valence-electron chi connectivity index (χ3n) is 11.3. The lowest BCUT2D eigenvalue weighted by Gasteiger charge is -2.60. The highest BCUT2D eigenvalue weighted by atomic mass is 32.3. The zero-order valence-electron chi connectivity index (χ0n) is 25.0. The number of nitrogens with one attached hydrogen (secondary N) is 1. The first-order chi connectivity index (χ1) is 20.8. The summed E-state index contributed by atoms with van der Waals surface area (Å²) in [4.78, 5) is 30.5. The van der Waals surface area contributed by atoms with Crippen LogP contribution >= 0.6 is 35.3 Å². The predicted octanol–water partition coefficient (Wildman–Crippen LogP) is 9.33. The second kappa shape index (κ2) is 11.7. The van der Waals surface area contributed by atoms with E-state index in [9.17, 15) is 9.59 Å². The summed E-state index contributed by atoms with van der Waals surface area (Å²) in [6, 6.07) is 32.7. The number of carbonyl (C=O) groups is 2. The van der Waals surface area contributed by atoms with Gasteiger partial charge in [-0.15, -0.1) is 0 Å². The van der Waals surface area contributed by atoms with Gasteiger partial charge in [-0.3, -0.25) is 9.59 Å². The van der Waals surface area contributed by atoms with Crippen LogP contribution in [0.5, 0.6) is 0 Å². The highest BCUT2D eigenvalue weighted by Crippen LogP contribution is 2.71. The summed E-state index contributed by atoms with van der Waals surface area (Å²) in [5.74, 6) is 2.18. The van der Waals surface area contributed by atoms with Gasteiger partial charge in [-0.1, -0.05) is 104 Å². The van der Waals surface area contributed by atoms with E-state index in [-0.39, 0.29) is 32.1 Å². The molecule has 224 valence electrons. The van der Waals surface area contributed by atoms with E-state index in [2.05, 4.69) is 110 Å². The number of thioether (sulfide) groups is 3. The summed E-state index contributed by atoms with van der Waals surface area (Å²) >= 11 is 5.87. The van der Waals surface area contributed by atoms with E-state index in [0.717, 1.165) is 32.1 Å². The maximum Gasteiger partial charge on any atom is 0.220 e. The maximum atomic E-state index is 14.3. The molecule has 0 bridgehead atoms. The summed E-state index contributed by atoms with van der Waals surface area (Å²) in [6.07, 6.45) is 6.38. The average Bonchev–Trinajstić information content (AvgIpc) is 3.30. The van der Waals surface area contributed by atoms with Crippen molar-refractivity contribution in [1.29, 1.82) is 0 Å². The minimum atomic E-state index is -0.345. The molecule has 7 atom stereocenters. The third kappa shape index (κ3) is 5.29. The summed E-state index contributed by atoms with van der Waals surface area (Å²) < 4.78 is -0.345. The van der Waals surface area contributed by atoms with Crippen LogP contribution in [0.1, 0.15) is 58.8 Å². The van der Waals surface area contributed by atoms with Gasteiger partial charge >= 0.3 is 0 Å². The van der Waals surface area contributed by atoms with Gasteiger partial charge in [-0.05, 0) is 91.7 Å². The van der Waals surface area contributed by atoms with Gasteiger partial charge in [-0.25, -0.2) is 0 Å². The van der Waals surface area contributed by atoms with Crippen LogP contribution in [0.25, 0.3) is 0 Å². The Balaban J connectivity index is 1.36. The lowest BCUT2D eigenvalue weighted by molar-refractivity contribution is -0.142. The molecule has 3 aromatic rings. The van der Waals surface area contributed by atoms with Crippen LogP contribution in [0.2, 0.25) is 0 Å². The molecule has 1 aliphatic heterocycles. The average molecular weight is 628 g/mol. The van der Waals surface area contributed by atoms with Crippen molar-refractivity contribution in [2.24, 2.45) is 34.5 Å². The number of amides is 1. The van der Waals surface area contributed by atoms with Crippen LogP contribution in [0.4, 0.5) is 0 Å². The molecular formula is C37H41NO2S3. The van der Waals surface area contributed by atoms with Gasteiger partial charge in [0.15, 0.2) is 0 Å². The molecule has 7 rings (SSSR count). The third-order valence-corrected chi connectivity index (χ3v) is 16.1. The Labute approximate surface area is 269 Å². The SMILES string of the molecule is C[C@]12CCC(=O)NC1CC[C@@H]1[C@H]2CC[C@]2(C)C(=O)CC(C(Sc3ccccc3)(Sc3ccccc3)Sc3ccccc3)[C@@H]12. The molecule has 3 nitrogen and oxygen atoms in total. The van der Waals surface area contributed by atoms with Gasteiger partial charge in [0.25, 0.3) is 0 Å². The fourth-order valence-electron chi connectivity index (χ4n) is 9.17. The summed E-state index contributed by atoms with van der Waals surface area (Å²) in [5, 5.41) is 3.39. The van der Waals surface area contributed by atoms with Crippen molar-refractivity contribution in [1.82, 2.24) is 5.32 Å². The molecule has 0 spiro atoms. The van der Waals surface area contributed by atoms with Gasteiger partial charge in [0.1, 0.15) is 9.19 Å². The van der Waals surface area contributed by atoms with Crippen LogP contribution in [0.15, 0.2) is 106 Å². The van der Waals surface area contributed by atoms with E-state index in [1.807, 2.05) is 35.3 Å². The van der Waals surface area contributed by atoms with E-state index < -0.39 is 0 Å². The van der Waals surface area contributed by atoms with E-state index >= 15 is 0 Å². The number of rotatable bonds is 7. The Hall–Kier alpha value is -2.15. The van der Waals surface area contributed by atoms with E-state index in [0.29, 0.717) is 36.4 Å². The summed E-state index contributed by atoms with van der Waals surface area (Å²) in [5.41, 5.74) is -0.202. The zero-order valence-corrected chi connectivity index (χ0v) is 27.5. The van der Waals surface area contributed by atoms with Crippen LogP contribution in [0.3, 0.4) is 0 Å². The van der Waals surface area contributed by atoms with Gasteiger partial charge < -0.3 is 5.32 Å². The molecule has 0 aromatic heterocycles. The van der Waals surface area contributed by atoms with Crippen molar-refractivity contribution < 1.29 is 9.59 Å². The van der Waals surface area contributed by atoms with Crippen molar-refractivity contribution in [3.63, 3.8) is 0 Å². The quantitative estimate of drug-likeness (QED) is 0.209. The van der Waals surface area contributed by atoms with Crippen molar-refractivity contribution in [2.45, 2.75) is 82.9 Å². The first-order valence-corrected chi connectivity index (χ1v) is 18.3. The lowest BCUT2D eigenvalue weighted by Crippen LogP contribution is -2.61. The van der Waals surface area contributed by atoms with Crippen LogP contribution in [-0.4, -0.2) is 21.1 Å². The monoisotopic (exact) mass is 627 g/mol. The number of carbonyl (C=O) groups excluding carboxylic acids is 2. The van der Waals surface area contributed by atoms with Crippen molar-refractivity contribution >= 4 is 47.0 Å². The number of benzene rings is 3. The number of hydrogen-bond acceptors (Lipinski definition) is 5. The Morgan fingerprint density at radius 1 is 0.721 bits per heavy atom. The Morgan fingerprint density at radius 2 is 1.26 bits per heavy atom. The number of piperidine rings is 1. The normalized spacial score (nSPS) is 33.7.